The van der Waals surface area contributed by atoms with E-state index >= 15 is 0 Å². The minimum atomic E-state index is 0.0387. The van der Waals surface area contributed by atoms with Crippen molar-refractivity contribution in [2.45, 2.75) is 25.3 Å². The predicted octanol–water partition coefficient (Wildman–Crippen LogP) is 1.94. The van der Waals surface area contributed by atoms with E-state index in [0.717, 1.165) is 17.0 Å². The number of nitrogens with one attached hydrogen (secondary N) is 1. The van der Waals surface area contributed by atoms with E-state index in [1.54, 1.807) is 9.13 Å². The summed E-state index contributed by atoms with van der Waals surface area (Å²) in [6.07, 6.45) is 3.95. The summed E-state index contributed by atoms with van der Waals surface area (Å²) in [4.78, 5) is 12.0. The summed E-state index contributed by atoms with van der Waals surface area (Å²) < 4.78 is 3.43. The molecule has 1 heterocycles. The van der Waals surface area contributed by atoms with Crippen LogP contribution >= 0.6 is 0 Å². The number of imidazole rings is 1. The second-order valence-electron chi connectivity index (χ2n) is 5.61. The first-order chi connectivity index (χ1) is 9.13. The van der Waals surface area contributed by atoms with Crippen LogP contribution in [0.3, 0.4) is 0 Å². The van der Waals surface area contributed by atoms with E-state index in [-0.39, 0.29) is 5.69 Å². The summed E-state index contributed by atoms with van der Waals surface area (Å²) in [5.41, 5.74) is 3.35. The maximum absolute atomic E-state index is 12.0. The molecule has 102 valence electrons. The Hall–Kier alpha value is -1.55. The molecule has 4 heteroatoms. The molecule has 0 aliphatic heterocycles. The third-order valence-corrected chi connectivity index (χ3v) is 4.59. The van der Waals surface area contributed by atoms with E-state index in [9.17, 15) is 4.79 Å². The summed E-state index contributed by atoms with van der Waals surface area (Å²) in [6.45, 7) is 0. The van der Waals surface area contributed by atoms with Crippen molar-refractivity contribution in [3.63, 3.8) is 0 Å². The van der Waals surface area contributed by atoms with E-state index < -0.39 is 0 Å². The van der Waals surface area contributed by atoms with Gasteiger partial charge in [-0.1, -0.05) is 12.5 Å². The third-order valence-electron chi connectivity index (χ3n) is 4.59. The molecule has 2 aromatic rings. The molecule has 1 saturated carbocycles. The number of rotatable bonds is 3. The van der Waals surface area contributed by atoms with Gasteiger partial charge in [0.1, 0.15) is 0 Å². The Bertz CT molecular complexity index is 664. The Kier molecular flexibility index (Phi) is 2.97. The average Bonchev–Trinajstić information content (AvgIpc) is 2.58. The Morgan fingerprint density at radius 2 is 1.89 bits per heavy atom. The fourth-order valence-corrected chi connectivity index (χ4v) is 3.16. The molecule has 1 unspecified atom stereocenters. The first kappa shape index (κ1) is 12.5. The van der Waals surface area contributed by atoms with Crippen molar-refractivity contribution < 1.29 is 0 Å². The van der Waals surface area contributed by atoms with Gasteiger partial charge in [0.25, 0.3) is 0 Å². The Labute approximate surface area is 113 Å². The van der Waals surface area contributed by atoms with E-state index in [4.69, 9.17) is 0 Å². The van der Waals surface area contributed by atoms with Crippen LogP contribution in [0, 0.1) is 5.92 Å². The first-order valence-electron chi connectivity index (χ1n) is 6.96. The second-order valence-corrected chi connectivity index (χ2v) is 5.61. The van der Waals surface area contributed by atoms with Crippen molar-refractivity contribution in [1.29, 1.82) is 0 Å². The molecule has 1 atom stereocenters. The third kappa shape index (κ3) is 1.82. The highest BCUT2D eigenvalue weighted by molar-refractivity contribution is 5.77. The fraction of sp³-hybridized carbons (Fsp3) is 0.533. The van der Waals surface area contributed by atoms with Crippen LogP contribution in [0.2, 0.25) is 0 Å². The molecular formula is C15H21N3O. The molecule has 19 heavy (non-hydrogen) atoms. The van der Waals surface area contributed by atoms with Crippen LogP contribution in [0.15, 0.2) is 23.0 Å². The van der Waals surface area contributed by atoms with Gasteiger partial charge in [-0.3, -0.25) is 9.13 Å². The van der Waals surface area contributed by atoms with E-state index in [0.29, 0.717) is 6.04 Å². The molecule has 1 aliphatic carbocycles. The zero-order chi connectivity index (χ0) is 13.6. The Balaban J connectivity index is 2.10. The molecule has 3 rings (SSSR count). The van der Waals surface area contributed by atoms with Gasteiger partial charge in [-0.15, -0.1) is 0 Å². The summed E-state index contributed by atoms with van der Waals surface area (Å²) >= 11 is 0. The number of aromatic nitrogens is 2. The maximum Gasteiger partial charge on any atom is 0.328 e. The lowest BCUT2D eigenvalue weighted by Gasteiger charge is -2.34. The zero-order valence-electron chi connectivity index (χ0n) is 11.8. The maximum atomic E-state index is 12.0. The number of nitrogens with zero attached hydrogens (tertiary/aromatic N) is 2. The van der Waals surface area contributed by atoms with Crippen LogP contribution in [0.25, 0.3) is 11.0 Å². The van der Waals surface area contributed by atoms with Gasteiger partial charge >= 0.3 is 5.69 Å². The number of aryl methyl sites for hydroxylation is 2. The highest BCUT2D eigenvalue weighted by atomic mass is 16.1. The molecule has 0 amide bonds. The highest BCUT2D eigenvalue weighted by Crippen LogP contribution is 2.38. The summed E-state index contributed by atoms with van der Waals surface area (Å²) in [6, 6.07) is 6.79. The monoisotopic (exact) mass is 259 g/mol. The molecule has 1 N–H and O–H groups in total. The molecule has 0 radical (unpaired) electrons. The fourth-order valence-electron chi connectivity index (χ4n) is 3.16. The second kappa shape index (κ2) is 4.53. The molecule has 1 aliphatic rings. The zero-order valence-corrected chi connectivity index (χ0v) is 11.8. The molecule has 0 spiro atoms. The predicted molar refractivity (Wildman–Crippen MR) is 77.3 cm³/mol. The minimum Gasteiger partial charge on any atom is -0.313 e. The Morgan fingerprint density at radius 1 is 1.21 bits per heavy atom. The topological polar surface area (TPSA) is 39.0 Å². The van der Waals surface area contributed by atoms with Crippen LogP contribution in [0.1, 0.15) is 30.9 Å². The van der Waals surface area contributed by atoms with Crippen LogP contribution in [-0.2, 0) is 14.1 Å². The van der Waals surface area contributed by atoms with Gasteiger partial charge in [0, 0.05) is 20.1 Å². The lowest BCUT2D eigenvalue weighted by atomic mass is 9.77. The van der Waals surface area contributed by atoms with E-state index in [2.05, 4.69) is 23.5 Å². The van der Waals surface area contributed by atoms with Crippen LogP contribution in [0.4, 0.5) is 0 Å². The van der Waals surface area contributed by atoms with Crippen molar-refractivity contribution in [3.8, 4) is 0 Å². The number of fused-ring (bicyclic) bond motifs is 1. The number of benzene rings is 1. The van der Waals surface area contributed by atoms with Gasteiger partial charge in [-0.05, 0) is 43.5 Å². The van der Waals surface area contributed by atoms with Crippen LogP contribution in [-0.4, -0.2) is 16.2 Å². The average molecular weight is 259 g/mol. The van der Waals surface area contributed by atoms with Gasteiger partial charge in [-0.2, -0.15) is 0 Å². The molecular weight excluding hydrogens is 238 g/mol. The quantitative estimate of drug-likeness (QED) is 0.915. The molecule has 1 aromatic carbocycles. The van der Waals surface area contributed by atoms with E-state index in [1.807, 2.05) is 21.1 Å². The summed E-state index contributed by atoms with van der Waals surface area (Å²) in [5.74, 6) is 0.739. The van der Waals surface area contributed by atoms with Gasteiger partial charge in [0.05, 0.1) is 11.0 Å². The van der Waals surface area contributed by atoms with Crippen molar-refractivity contribution >= 4 is 11.0 Å². The number of hydrogen-bond acceptors (Lipinski definition) is 2. The summed E-state index contributed by atoms with van der Waals surface area (Å²) in [5, 5.41) is 3.43. The van der Waals surface area contributed by atoms with Gasteiger partial charge < -0.3 is 5.32 Å². The largest absolute Gasteiger partial charge is 0.328 e. The van der Waals surface area contributed by atoms with Crippen LogP contribution in [0.5, 0.6) is 0 Å². The van der Waals surface area contributed by atoms with Crippen molar-refractivity contribution in [2.24, 2.45) is 20.0 Å². The van der Waals surface area contributed by atoms with Gasteiger partial charge in [-0.25, -0.2) is 4.79 Å². The molecule has 0 saturated heterocycles. The van der Waals surface area contributed by atoms with Crippen molar-refractivity contribution in [1.82, 2.24) is 14.5 Å². The van der Waals surface area contributed by atoms with Crippen molar-refractivity contribution in [3.05, 3.63) is 34.2 Å². The molecule has 4 nitrogen and oxygen atoms in total. The number of hydrogen-bond donors (Lipinski definition) is 1. The van der Waals surface area contributed by atoms with E-state index in [1.165, 1.54) is 24.8 Å². The lowest BCUT2D eigenvalue weighted by molar-refractivity contribution is 0.239. The normalized spacial score (nSPS) is 17.6. The SMILES string of the molecule is CNC(c1ccc2c(c1)n(C)c(=O)n2C)C1CCC1. The highest BCUT2D eigenvalue weighted by Gasteiger charge is 2.27. The molecule has 1 aromatic heterocycles. The van der Waals surface area contributed by atoms with Gasteiger partial charge in [0.2, 0.25) is 0 Å². The molecule has 1 fully saturated rings. The summed E-state index contributed by atoms with van der Waals surface area (Å²) in [7, 11) is 5.69. The first-order valence-corrected chi connectivity index (χ1v) is 6.96. The smallest absolute Gasteiger partial charge is 0.313 e. The van der Waals surface area contributed by atoms with Gasteiger partial charge in [0.15, 0.2) is 0 Å². The Morgan fingerprint density at radius 3 is 2.47 bits per heavy atom. The standard InChI is InChI=1S/C15H21N3O/c1-16-14(10-5-4-6-10)11-7-8-12-13(9-11)18(3)15(19)17(12)2/h7-10,14,16H,4-6H2,1-3H3. The molecule has 0 bridgehead atoms. The minimum absolute atomic E-state index is 0.0387. The lowest BCUT2D eigenvalue weighted by Crippen LogP contribution is -2.29. The van der Waals surface area contributed by atoms with Crippen molar-refractivity contribution in [2.75, 3.05) is 7.05 Å². The van der Waals surface area contributed by atoms with Crippen LogP contribution < -0.4 is 11.0 Å².